The van der Waals surface area contributed by atoms with E-state index in [1.54, 1.807) is 0 Å². The molecule has 1 N–H and O–H groups in total. The molecule has 2 unspecified atom stereocenters. The highest BCUT2D eigenvalue weighted by molar-refractivity contribution is 5.14. The van der Waals surface area contributed by atoms with Gasteiger partial charge < -0.3 is 9.84 Å². The minimum absolute atomic E-state index is 0.281. The smallest absolute Gasteiger partial charge is 0.170 e. The number of aliphatic hydroxyl groups is 1. The van der Waals surface area contributed by atoms with Gasteiger partial charge in [0.1, 0.15) is 0 Å². The quantitative estimate of drug-likeness (QED) is 0.867. The van der Waals surface area contributed by atoms with E-state index in [2.05, 4.69) is 29.2 Å². The van der Waals surface area contributed by atoms with E-state index < -0.39 is 5.79 Å². The second kappa shape index (κ2) is 5.00. The zero-order valence-corrected chi connectivity index (χ0v) is 10.7. The zero-order chi connectivity index (χ0) is 12.4. The van der Waals surface area contributed by atoms with Gasteiger partial charge in [0.25, 0.3) is 0 Å². The van der Waals surface area contributed by atoms with Crippen molar-refractivity contribution < 1.29 is 9.84 Å². The third kappa shape index (κ3) is 2.44. The number of nitrogens with zero attached hydrogens (tertiary/aromatic N) is 1. The summed E-state index contributed by atoms with van der Waals surface area (Å²) in [7, 11) is 0. The molecule has 2 saturated heterocycles. The van der Waals surface area contributed by atoms with E-state index in [9.17, 15) is 5.11 Å². The normalized spacial score (nSPS) is 33.1. The molecule has 98 valence electrons. The Kier molecular flexibility index (Phi) is 3.37. The maximum absolute atomic E-state index is 10.4. The van der Waals surface area contributed by atoms with Gasteiger partial charge in [-0.15, -0.1) is 0 Å². The number of piperidine rings is 1. The maximum Gasteiger partial charge on any atom is 0.170 e. The second-order valence-corrected chi connectivity index (χ2v) is 5.50. The van der Waals surface area contributed by atoms with E-state index in [0.29, 0.717) is 6.61 Å². The summed E-state index contributed by atoms with van der Waals surface area (Å²) in [5, 5.41) is 10.4. The fraction of sp³-hybridized carbons (Fsp3) is 0.600. The van der Waals surface area contributed by atoms with Crippen LogP contribution in [-0.2, 0) is 11.3 Å². The third-order valence-electron chi connectivity index (χ3n) is 4.20. The molecular weight excluding hydrogens is 226 g/mol. The van der Waals surface area contributed by atoms with Gasteiger partial charge in [0.05, 0.1) is 6.61 Å². The summed E-state index contributed by atoms with van der Waals surface area (Å²) in [6.45, 7) is 3.56. The largest absolute Gasteiger partial charge is 0.365 e. The van der Waals surface area contributed by atoms with Gasteiger partial charge in [-0.1, -0.05) is 30.3 Å². The molecule has 2 heterocycles. The Morgan fingerprint density at radius 2 is 2.17 bits per heavy atom. The van der Waals surface area contributed by atoms with Gasteiger partial charge in [-0.3, -0.25) is 4.90 Å². The first-order chi connectivity index (χ1) is 8.76. The number of rotatable bonds is 2. The van der Waals surface area contributed by atoms with Crippen LogP contribution in [0, 0.1) is 5.92 Å². The topological polar surface area (TPSA) is 32.7 Å². The summed E-state index contributed by atoms with van der Waals surface area (Å²) < 4.78 is 5.60. The monoisotopic (exact) mass is 247 g/mol. The highest BCUT2D eigenvalue weighted by atomic mass is 16.6. The Labute approximate surface area is 108 Å². The average Bonchev–Trinajstić information content (AvgIpc) is 2.40. The maximum atomic E-state index is 10.4. The molecule has 0 bridgehead atoms. The van der Waals surface area contributed by atoms with Gasteiger partial charge in [0.15, 0.2) is 5.79 Å². The summed E-state index contributed by atoms with van der Waals surface area (Å²) >= 11 is 0. The first-order valence-corrected chi connectivity index (χ1v) is 6.89. The van der Waals surface area contributed by atoms with Gasteiger partial charge in [-0.25, -0.2) is 0 Å². The summed E-state index contributed by atoms with van der Waals surface area (Å²) in [4.78, 5) is 2.43. The molecule has 3 nitrogen and oxygen atoms in total. The number of fused-ring (bicyclic) bond motifs is 1. The van der Waals surface area contributed by atoms with Crippen LogP contribution in [0.1, 0.15) is 24.8 Å². The highest BCUT2D eigenvalue weighted by Gasteiger charge is 2.44. The van der Waals surface area contributed by atoms with Gasteiger partial charge in [0, 0.05) is 32.0 Å². The molecule has 0 spiro atoms. The standard InChI is InChI=1S/C15H21NO2/c17-15-8-9-16(11-13-5-2-1-3-6-13)12-14(15)7-4-10-18-15/h1-3,5-6,14,17H,4,7-12H2. The van der Waals surface area contributed by atoms with E-state index in [-0.39, 0.29) is 5.92 Å². The van der Waals surface area contributed by atoms with Crippen molar-refractivity contribution in [1.82, 2.24) is 4.90 Å². The molecule has 0 radical (unpaired) electrons. The molecule has 1 aromatic carbocycles. The average molecular weight is 247 g/mol. The number of ether oxygens (including phenoxy) is 1. The Balaban J connectivity index is 1.63. The van der Waals surface area contributed by atoms with E-state index in [0.717, 1.165) is 38.9 Å². The number of hydrogen-bond donors (Lipinski definition) is 1. The molecule has 2 atom stereocenters. The van der Waals surface area contributed by atoms with Crippen LogP contribution in [0.25, 0.3) is 0 Å². The van der Waals surface area contributed by atoms with Crippen LogP contribution in [0.3, 0.4) is 0 Å². The van der Waals surface area contributed by atoms with Crippen LogP contribution in [0.2, 0.25) is 0 Å². The van der Waals surface area contributed by atoms with Crippen molar-refractivity contribution in [1.29, 1.82) is 0 Å². The van der Waals surface area contributed by atoms with E-state index in [4.69, 9.17) is 4.74 Å². The first kappa shape index (κ1) is 12.2. The molecule has 18 heavy (non-hydrogen) atoms. The van der Waals surface area contributed by atoms with Crippen LogP contribution in [0.5, 0.6) is 0 Å². The minimum Gasteiger partial charge on any atom is -0.365 e. The van der Waals surface area contributed by atoms with Crippen LogP contribution in [0.4, 0.5) is 0 Å². The van der Waals surface area contributed by atoms with Gasteiger partial charge in [-0.2, -0.15) is 0 Å². The van der Waals surface area contributed by atoms with Crippen LogP contribution in [0.15, 0.2) is 30.3 Å². The summed E-state index contributed by atoms with van der Waals surface area (Å²) in [6.07, 6.45) is 2.90. The molecule has 2 fully saturated rings. The van der Waals surface area contributed by atoms with Gasteiger partial charge in [0.2, 0.25) is 0 Å². The Morgan fingerprint density at radius 3 is 3.00 bits per heavy atom. The molecular formula is C15H21NO2. The van der Waals surface area contributed by atoms with Gasteiger partial charge in [-0.05, 0) is 18.4 Å². The van der Waals surface area contributed by atoms with Crippen LogP contribution >= 0.6 is 0 Å². The second-order valence-electron chi connectivity index (χ2n) is 5.50. The predicted molar refractivity (Wildman–Crippen MR) is 70.0 cm³/mol. The lowest BCUT2D eigenvalue weighted by molar-refractivity contribution is -0.277. The van der Waals surface area contributed by atoms with E-state index in [1.165, 1.54) is 5.56 Å². The minimum atomic E-state index is -0.842. The fourth-order valence-corrected chi connectivity index (χ4v) is 3.14. The molecule has 3 heteroatoms. The third-order valence-corrected chi connectivity index (χ3v) is 4.20. The summed E-state index contributed by atoms with van der Waals surface area (Å²) in [5.41, 5.74) is 1.35. The molecule has 0 amide bonds. The molecule has 2 aliphatic rings. The Hall–Kier alpha value is -0.900. The highest BCUT2D eigenvalue weighted by Crippen LogP contribution is 2.36. The molecule has 1 aromatic rings. The van der Waals surface area contributed by atoms with Crippen molar-refractivity contribution in [3.8, 4) is 0 Å². The van der Waals surface area contributed by atoms with Crippen molar-refractivity contribution in [2.45, 2.75) is 31.6 Å². The van der Waals surface area contributed by atoms with Gasteiger partial charge >= 0.3 is 0 Å². The Morgan fingerprint density at radius 1 is 1.33 bits per heavy atom. The summed E-state index contributed by atoms with van der Waals surface area (Å²) in [5.74, 6) is -0.561. The van der Waals surface area contributed by atoms with Crippen molar-refractivity contribution in [3.63, 3.8) is 0 Å². The van der Waals surface area contributed by atoms with Crippen molar-refractivity contribution in [2.24, 2.45) is 5.92 Å². The number of hydrogen-bond acceptors (Lipinski definition) is 3. The number of benzene rings is 1. The van der Waals surface area contributed by atoms with Crippen molar-refractivity contribution >= 4 is 0 Å². The predicted octanol–water partition coefficient (Wildman–Crippen LogP) is 2.01. The lowest BCUT2D eigenvalue weighted by atomic mass is 9.85. The Bertz CT molecular complexity index is 395. The molecule has 0 aromatic heterocycles. The molecule has 3 rings (SSSR count). The van der Waals surface area contributed by atoms with E-state index >= 15 is 0 Å². The SMILES string of the molecule is OC12CCN(Cc3ccccc3)CC1CCCO2. The lowest BCUT2D eigenvalue weighted by Gasteiger charge is -2.46. The molecule has 0 saturated carbocycles. The summed E-state index contributed by atoms with van der Waals surface area (Å²) in [6, 6.07) is 10.5. The first-order valence-electron chi connectivity index (χ1n) is 6.89. The molecule has 2 aliphatic heterocycles. The lowest BCUT2D eigenvalue weighted by Crippen LogP contribution is -2.55. The fourth-order valence-electron chi connectivity index (χ4n) is 3.14. The van der Waals surface area contributed by atoms with Crippen LogP contribution in [-0.4, -0.2) is 35.5 Å². The molecule has 0 aliphatic carbocycles. The number of likely N-dealkylation sites (tertiary alicyclic amines) is 1. The van der Waals surface area contributed by atoms with Crippen LogP contribution < -0.4 is 0 Å². The van der Waals surface area contributed by atoms with Crippen molar-refractivity contribution in [3.05, 3.63) is 35.9 Å². The van der Waals surface area contributed by atoms with Crippen molar-refractivity contribution in [2.75, 3.05) is 19.7 Å². The van der Waals surface area contributed by atoms with E-state index in [1.807, 2.05) is 6.07 Å². The zero-order valence-electron chi connectivity index (χ0n) is 10.7.